The van der Waals surface area contributed by atoms with Crippen molar-refractivity contribution in [3.8, 4) is 0 Å². The first-order chi connectivity index (χ1) is 14.7. The summed E-state index contributed by atoms with van der Waals surface area (Å²) in [4.78, 5) is 0. The number of hydrogen-bond donors (Lipinski definition) is 0. The quantitative estimate of drug-likeness (QED) is 0.214. The van der Waals surface area contributed by atoms with Crippen molar-refractivity contribution in [1.29, 1.82) is 0 Å². The highest BCUT2D eigenvalue weighted by Gasteiger charge is 2.11. The van der Waals surface area contributed by atoms with Gasteiger partial charge in [0.2, 0.25) is 0 Å². The molecule has 2 aromatic rings. The normalized spacial score (nSPS) is 12.1. The van der Waals surface area contributed by atoms with Crippen molar-refractivity contribution in [2.75, 3.05) is 0 Å². The van der Waals surface area contributed by atoms with Crippen LogP contribution in [0.4, 0.5) is 8.78 Å². The van der Waals surface area contributed by atoms with E-state index in [4.69, 9.17) is 0 Å². The van der Waals surface area contributed by atoms with E-state index in [0.717, 1.165) is 25.7 Å². The first-order valence-electron chi connectivity index (χ1n) is 11.9. The SMILES string of the molecule is CCCCCCCc1ccc(/C(F)=C(\F)c2ccc(CCCCCCC)cc2)cc1. The second-order valence-electron chi connectivity index (χ2n) is 8.35. The van der Waals surface area contributed by atoms with Crippen LogP contribution in [-0.4, -0.2) is 0 Å². The highest BCUT2D eigenvalue weighted by Crippen LogP contribution is 2.29. The molecule has 0 saturated carbocycles. The van der Waals surface area contributed by atoms with Gasteiger partial charge in [0, 0.05) is 11.1 Å². The molecule has 0 amide bonds. The summed E-state index contributed by atoms with van der Waals surface area (Å²) in [6.07, 6.45) is 14.4. The average molecular weight is 413 g/mol. The van der Waals surface area contributed by atoms with Gasteiger partial charge < -0.3 is 0 Å². The molecule has 0 aromatic heterocycles. The fourth-order valence-electron chi connectivity index (χ4n) is 3.75. The summed E-state index contributed by atoms with van der Waals surface area (Å²) in [7, 11) is 0. The summed E-state index contributed by atoms with van der Waals surface area (Å²) in [5, 5.41) is 0. The smallest absolute Gasteiger partial charge is 0.166 e. The lowest BCUT2D eigenvalue weighted by Gasteiger charge is -2.06. The minimum atomic E-state index is -0.781. The number of halogens is 2. The summed E-state index contributed by atoms with van der Waals surface area (Å²) in [5.74, 6) is -1.56. The van der Waals surface area contributed by atoms with Gasteiger partial charge in [-0.3, -0.25) is 0 Å². The summed E-state index contributed by atoms with van der Waals surface area (Å²) < 4.78 is 29.3. The third-order valence-corrected chi connectivity index (χ3v) is 5.75. The Morgan fingerprint density at radius 3 is 1.17 bits per heavy atom. The molecule has 0 fully saturated rings. The van der Waals surface area contributed by atoms with Crippen molar-refractivity contribution in [2.24, 2.45) is 0 Å². The summed E-state index contributed by atoms with van der Waals surface area (Å²) >= 11 is 0. The van der Waals surface area contributed by atoms with Gasteiger partial charge >= 0.3 is 0 Å². The van der Waals surface area contributed by atoms with Crippen molar-refractivity contribution >= 4 is 11.7 Å². The fourth-order valence-corrected chi connectivity index (χ4v) is 3.75. The lowest BCUT2D eigenvalue weighted by atomic mass is 10.0. The summed E-state index contributed by atoms with van der Waals surface area (Å²) in [6, 6.07) is 14.5. The molecule has 0 aliphatic rings. The molecule has 30 heavy (non-hydrogen) atoms. The Hall–Kier alpha value is -1.96. The molecule has 0 atom stereocenters. The van der Waals surface area contributed by atoms with Gasteiger partial charge in [0.15, 0.2) is 11.7 Å². The van der Waals surface area contributed by atoms with E-state index < -0.39 is 11.7 Å². The van der Waals surface area contributed by atoms with E-state index in [1.807, 2.05) is 24.3 Å². The Kier molecular flexibility index (Phi) is 11.4. The molecular formula is C28H38F2. The Bertz CT molecular complexity index is 676. The first kappa shape index (κ1) is 24.3. The molecule has 0 N–H and O–H groups in total. The molecule has 0 spiro atoms. The van der Waals surface area contributed by atoms with Crippen LogP contribution in [0.2, 0.25) is 0 Å². The Balaban J connectivity index is 1.90. The zero-order chi connectivity index (χ0) is 21.6. The molecule has 0 radical (unpaired) electrons. The van der Waals surface area contributed by atoms with Gasteiger partial charge in [-0.1, -0.05) is 114 Å². The average Bonchev–Trinajstić information content (AvgIpc) is 2.79. The van der Waals surface area contributed by atoms with Gasteiger partial charge in [-0.25, -0.2) is 8.78 Å². The van der Waals surface area contributed by atoms with Crippen molar-refractivity contribution in [3.05, 3.63) is 70.8 Å². The van der Waals surface area contributed by atoms with Crippen LogP contribution in [0, 0.1) is 0 Å². The standard InChI is InChI=1S/C28H38F2/c1-3-5-7-9-11-13-23-15-19-25(20-16-23)27(29)28(30)26-21-17-24(18-22-26)14-12-10-8-6-4-2/h15-22H,3-14H2,1-2H3/b28-27+. The van der Waals surface area contributed by atoms with E-state index in [-0.39, 0.29) is 0 Å². The first-order valence-corrected chi connectivity index (χ1v) is 11.9. The molecule has 0 nitrogen and oxygen atoms in total. The lowest BCUT2D eigenvalue weighted by Crippen LogP contribution is -1.90. The van der Waals surface area contributed by atoms with Crippen LogP contribution in [-0.2, 0) is 12.8 Å². The zero-order valence-electron chi connectivity index (χ0n) is 18.9. The van der Waals surface area contributed by atoms with E-state index in [2.05, 4.69) is 13.8 Å². The van der Waals surface area contributed by atoms with Gasteiger partial charge in [0.25, 0.3) is 0 Å². The maximum Gasteiger partial charge on any atom is 0.166 e. The maximum absolute atomic E-state index is 14.7. The number of aryl methyl sites for hydroxylation is 2. The van der Waals surface area contributed by atoms with Gasteiger partial charge in [0.05, 0.1) is 0 Å². The summed E-state index contributed by atoms with van der Waals surface area (Å²) in [5.41, 5.74) is 2.99. The van der Waals surface area contributed by atoms with Crippen LogP contribution in [0.1, 0.15) is 100 Å². The molecule has 0 aliphatic heterocycles. The molecule has 164 valence electrons. The Morgan fingerprint density at radius 1 is 0.500 bits per heavy atom. The predicted octanol–water partition coefficient (Wildman–Crippen LogP) is 9.48. The fraction of sp³-hybridized carbons (Fsp3) is 0.500. The molecule has 2 aromatic carbocycles. The van der Waals surface area contributed by atoms with Gasteiger partial charge in [0.1, 0.15) is 0 Å². The largest absolute Gasteiger partial charge is 0.203 e. The Morgan fingerprint density at radius 2 is 0.833 bits per heavy atom. The van der Waals surface area contributed by atoms with Crippen molar-refractivity contribution in [1.82, 2.24) is 0 Å². The second-order valence-corrected chi connectivity index (χ2v) is 8.35. The molecule has 0 saturated heterocycles. The topological polar surface area (TPSA) is 0 Å². The van der Waals surface area contributed by atoms with Crippen molar-refractivity contribution in [3.63, 3.8) is 0 Å². The Labute approximate surface area is 182 Å². The van der Waals surface area contributed by atoms with E-state index in [1.165, 1.54) is 62.5 Å². The zero-order valence-corrected chi connectivity index (χ0v) is 18.9. The van der Waals surface area contributed by atoms with E-state index in [1.54, 1.807) is 24.3 Å². The minimum Gasteiger partial charge on any atom is -0.203 e. The van der Waals surface area contributed by atoms with Crippen LogP contribution in [0.15, 0.2) is 48.5 Å². The second kappa shape index (κ2) is 14.1. The molecule has 0 unspecified atom stereocenters. The van der Waals surface area contributed by atoms with Crippen LogP contribution in [0.5, 0.6) is 0 Å². The predicted molar refractivity (Wildman–Crippen MR) is 127 cm³/mol. The molecule has 0 aliphatic carbocycles. The lowest BCUT2D eigenvalue weighted by molar-refractivity contribution is 0.632. The van der Waals surface area contributed by atoms with Crippen molar-refractivity contribution < 1.29 is 8.78 Å². The number of hydrogen-bond acceptors (Lipinski definition) is 0. The maximum atomic E-state index is 14.7. The van der Waals surface area contributed by atoms with E-state index >= 15 is 0 Å². The van der Waals surface area contributed by atoms with Gasteiger partial charge in [-0.2, -0.15) is 0 Å². The van der Waals surface area contributed by atoms with Crippen LogP contribution < -0.4 is 0 Å². The summed E-state index contributed by atoms with van der Waals surface area (Å²) in [6.45, 7) is 4.42. The molecule has 2 rings (SSSR count). The van der Waals surface area contributed by atoms with E-state index in [9.17, 15) is 8.78 Å². The van der Waals surface area contributed by atoms with E-state index in [0.29, 0.717) is 11.1 Å². The van der Waals surface area contributed by atoms with Gasteiger partial charge in [-0.15, -0.1) is 0 Å². The van der Waals surface area contributed by atoms with Gasteiger partial charge in [-0.05, 0) is 36.8 Å². The highest BCUT2D eigenvalue weighted by molar-refractivity contribution is 5.83. The number of benzene rings is 2. The monoisotopic (exact) mass is 412 g/mol. The van der Waals surface area contributed by atoms with Crippen molar-refractivity contribution in [2.45, 2.75) is 90.9 Å². The molecule has 2 heteroatoms. The van der Waals surface area contributed by atoms with Crippen LogP contribution >= 0.6 is 0 Å². The molecule has 0 bridgehead atoms. The molecule has 0 heterocycles. The third-order valence-electron chi connectivity index (χ3n) is 5.75. The third kappa shape index (κ3) is 8.42. The highest BCUT2D eigenvalue weighted by atomic mass is 19.2. The van der Waals surface area contributed by atoms with Crippen LogP contribution in [0.3, 0.4) is 0 Å². The molecular weight excluding hydrogens is 374 g/mol. The van der Waals surface area contributed by atoms with Crippen LogP contribution in [0.25, 0.3) is 11.7 Å². The minimum absolute atomic E-state index is 0.308. The number of rotatable bonds is 14. The number of unbranched alkanes of at least 4 members (excludes halogenated alkanes) is 8.